The first-order valence-electron chi connectivity index (χ1n) is 9.37. The number of aliphatic hydroxyl groups excluding tert-OH is 1. The molecule has 2 unspecified atom stereocenters. The topological polar surface area (TPSA) is 77.8 Å². The SMILES string of the molecule is CN(c1ccc(C(=O)c2ccccc2C(=O)O)cc1)C1CCCCCC1O. The molecule has 2 aromatic rings. The monoisotopic (exact) mass is 367 g/mol. The van der Waals surface area contributed by atoms with Crippen molar-refractivity contribution in [3.05, 3.63) is 65.2 Å². The van der Waals surface area contributed by atoms with Gasteiger partial charge < -0.3 is 15.1 Å². The van der Waals surface area contributed by atoms with Crippen LogP contribution >= 0.6 is 0 Å². The molecular formula is C22H25NO4. The van der Waals surface area contributed by atoms with E-state index in [9.17, 15) is 19.8 Å². The maximum absolute atomic E-state index is 12.7. The summed E-state index contributed by atoms with van der Waals surface area (Å²) in [4.78, 5) is 26.2. The van der Waals surface area contributed by atoms with Gasteiger partial charge >= 0.3 is 5.97 Å². The number of rotatable bonds is 5. The van der Waals surface area contributed by atoms with Gasteiger partial charge in [-0.1, -0.05) is 37.5 Å². The second kappa shape index (κ2) is 8.35. The highest BCUT2D eigenvalue weighted by molar-refractivity contribution is 6.14. The van der Waals surface area contributed by atoms with Crippen molar-refractivity contribution in [2.24, 2.45) is 0 Å². The van der Waals surface area contributed by atoms with Crippen LogP contribution in [0.1, 0.15) is 58.4 Å². The maximum atomic E-state index is 12.7. The van der Waals surface area contributed by atoms with Gasteiger partial charge in [0.25, 0.3) is 0 Å². The fourth-order valence-electron chi connectivity index (χ4n) is 3.78. The highest BCUT2D eigenvalue weighted by Gasteiger charge is 2.26. The Morgan fingerprint density at radius 2 is 1.56 bits per heavy atom. The first kappa shape index (κ1) is 19.1. The average Bonchev–Trinajstić information content (AvgIpc) is 2.91. The molecule has 1 aliphatic carbocycles. The summed E-state index contributed by atoms with van der Waals surface area (Å²) in [5.74, 6) is -1.42. The molecule has 0 amide bonds. The Hall–Kier alpha value is -2.66. The molecule has 1 saturated carbocycles. The van der Waals surface area contributed by atoms with Gasteiger partial charge in [0.15, 0.2) is 5.78 Å². The lowest BCUT2D eigenvalue weighted by Crippen LogP contribution is -2.40. The number of carbonyl (C=O) groups excluding carboxylic acids is 1. The van der Waals surface area contributed by atoms with Gasteiger partial charge in [-0.05, 0) is 43.2 Å². The summed E-state index contributed by atoms with van der Waals surface area (Å²) in [5, 5.41) is 19.7. The van der Waals surface area contributed by atoms with Crippen molar-refractivity contribution in [1.29, 1.82) is 0 Å². The zero-order valence-electron chi connectivity index (χ0n) is 15.5. The van der Waals surface area contributed by atoms with Crippen molar-refractivity contribution in [1.82, 2.24) is 0 Å². The fraction of sp³-hybridized carbons (Fsp3) is 0.364. The summed E-state index contributed by atoms with van der Waals surface area (Å²) in [6.45, 7) is 0. The predicted octanol–water partition coefficient (Wildman–Crippen LogP) is 3.75. The summed E-state index contributed by atoms with van der Waals surface area (Å²) < 4.78 is 0. The Morgan fingerprint density at radius 3 is 2.22 bits per heavy atom. The molecule has 2 N–H and O–H groups in total. The molecule has 0 radical (unpaired) electrons. The van der Waals surface area contributed by atoms with E-state index in [1.165, 1.54) is 12.1 Å². The maximum Gasteiger partial charge on any atom is 0.336 e. The molecule has 5 heteroatoms. The molecule has 3 rings (SSSR count). The van der Waals surface area contributed by atoms with Crippen LogP contribution in [0.3, 0.4) is 0 Å². The summed E-state index contributed by atoms with van der Waals surface area (Å²) in [6.07, 6.45) is 4.73. The van der Waals surface area contributed by atoms with E-state index in [0.29, 0.717) is 5.56 Å². The number of hydrogen-bond acceptors (Lipinski definition) is 4. The van der Waals surface area contributed by atoms with Gasteiger partial charge in [0.2, 0.25) is 0 Å². The Kier molecular flexibility index (Phi) is 5.91. The average molecular weight is 367 g/mol. The van der Waals surface area contributed by atoms with Crippen LogP contribution in [0, 0.1) is 0 Å². The van der Waals surface area contributed by atoms with E-state index in [2.05, 4.69) is 4.90 Å². The van der Waals surface area contributed by atoms with Gasteiger partial charge in [-0.15, -0.1) is 0 Å². The molecule has 2 atom stereocenters. The summed E-state index contributed by atoms with van der Waals surface area (Å²) in [5.41, 5.74) is 1.57. The van der Waals surface area contributed by atoms with Crippen molar-refractivity contribution in [2.45, 2.75) is 44.2 Å². The van der Waals surface area contributed by atoms with Gasteiger partial charge in [-0.2, -0.15) is 0 Å². The molecule has 1 fully saturated rings. The quantitative estimate of drug-likeness (QED) is 0.622. The smallest absolute Gasteiger partial charge is 0.336 e. The lowest BCUT2D eigenvalue weighted by atomic mass is 9.98. The number of aromatic carboxylic acids is 1. The van der Waals surface area contributed by atoms with Crippen LogP contribution in [0.4, 0.5) is 5.69 Å². The van der Waals surface area contributed by atoms with Crippen molar-refractivity contribution in [3.8, 4) is 0 Å². The third-order valence-electron chi connectivity index (χ3n) is 5.38. The van der Waals surface area contributed by atoms with E-state index in [1.807, 2.05) is 19.2 Å². The number of nitrogens with zero attached hydrogens (tertiary/aromatic N) is 1. The van der Waals surface area contributed by atoms with Crippen molar-refractivity contribution in [3.63, 3.8) is 0 Å². The molecule has 0 heterocycles. The number of carboxylic acid groups (broad SMARTS) is 1. The van der Waals surface area contributed by atoms with Crippen molar-refractivity contribution >= 4 is 17.4 Å². The van der Waals surface area contributed by atoms with Crippen molar-refractivity contribution < 1.29 is 19.8 Å². The third kappa shape index (κ3) is 4.19. The minimum absolute atomic E-state index is 0.00488. The number of anilines is 1. The molecule has 0 spiro atoms. The molecular weight excluding hydrogens is 342 g/mol. The number of likely N-dealkylation sites (N-methyl/N-ethyl adjacent to an activating group) is 1. The number of carbonyl (C=O) groups is 2. The molecule has 0 aliphatic heterocycles. The minimum atomic E-state index is -1.11. The first-order valence-corrected chi connectivity index (χ1v) is 9.37. The minimum Gasteiger partial charge on any atom is -0.478 e. The number of carboxylic acids is 1. The zero-order valence-corrected chi connectivity index (χ0v) is 15.5. The number of benzene rings is 2. The summed E-state index contributed by atoms with van der Waals surface area (Å²) in [6, 6.07) is 13.5. The van der Waals surface area contributed by atoms with E-state index >= 15 is 0 Å². The number of hydrogen-bond donors (Lipinski definition) is 2. The second-order valence-corrected chi connectivity index (χ2v) is 7.11. The first-order chi connectivity index (χ1) is 13.0. The van der Waals surface area contributed by atoms with Crippen LogP contribution in [0.5, 0.6) is 0 Å². The van der Waals surface area contributed by atoms with Crippen LogP contribution in [0.2, 0.25) is 0 Å². The molecule has 2 aromatic carbocycles. The van der Waals surface area contributed by atoms with Crippen LogP contribution < -0.4 is 4.90 Å². The standard InChI is InChI=1S/C22H25NO4/c1-23(19-9-3-2-4-10-20(19)24)16-13-11-15(12-14-16)21(25)17-7-5-6-8-18(17)22(26)27/h5-8,11-14,19-20,24H,2-4,9-10H2,1H3,(H,26,27). The van der Waals surface area contributed by atoms with Gasteiger partial charge in [-0.3, -0.25) is 4.79 Å². The van der Waals surface area contributed by atoms with Crippen LogP contribution in [-0.4, -0.2) is 41.2 Å². The van der Waals surface area contributed by atoms with Gasteiger partial charge in [0.05, 0.1) is 17.7 Å². The molecule has 5 nitrogen and oxygen atoms in total. The number of ketones is 1. The lowest BCUT2D eigenvalue weighted by molar-refractivity contribution is 0.0692. The highest BCUT2D eigenvalue weighted by atomic mass is 16.4. The molecule has 1 aliphatic rings. The third-order valence-corrected chi connectivity index (χ3v) is 5.38. The van der Waals surface area contributed by atoms with Crippen LogP contribution in [-0.2, 0) is 0 Å². The molecule has 0 aromatic heterocycles. The molecule has 142 valence electrons. The lowest BCUT2D eigenvalue weighted by Gasteiger charge is -2.32. The van der Waals surface area contributed by atoms with E-state index in [0.717, 1.165) is 37.8 Å². The van der Waals surface area contributed by atoms with Crippen LogP contribution in [0.15, 0.2) is 48.5 Å². The zero-order chi connectivity index (χ0) is 19.4. The molecule has 27 heavy (non-hydrogen) atoms. The fourth-order valence-corrected chi connectivity index (χ4v) is 3.78. The van der Waals surface area contributed by atoms with Crippen LogP contribution in [0.25, 0.3) is 0 Å². The largest absolute Gasteiger partial charge is 0.478 e. The Morgan fingerprint density at radius 1 is 0.926 bits per heavy atom. The Balaban J connectivity index is 1.81. The van der Waals surface area contributed by atoms with E-state index in [4.69, 9.17) is 0 Å². The predicted molar refractivity (Wildman–Crippen MR) is 105 cm³/mol. The van der Waals surface area contributed by atoms with Gasteiger partial charge in [-0.25, -0.2) is 4.79 Å². The van der Waals surface area contributed by atoms with Gasteiger partial charge in [0, 0.05) is 23.9 Å². The molecule has 0 saturated heterocycles. The van der Waals surface area contributed by atoms with Crippen molar-refractivity contribution in [2.75, 3.05) is 11.9 Å². The van der Waals surface area contributed by atoms with E-state index < -0.39 is 5.97 Å². The second-order valence-electron chi connectivity index (χ2n) is 7.11. The Bertz CT molecular complexity index is 815. The molecule has 0 bridgehead atoms. The highest BCUT2D eigenvalue weighted by Crippen LogP contribution is 2.26. The summed E-state index contributed by atoms with van der Waals surface area (Å²) >= 11 is 0. The van der Waals surface area contributed by atoms with E-state index in [1.54, 1.807) is 24.3 Å². The number of aliphatic hydroxyl groups is 1. The Labute approximate surface area is 159 Å². The van der Waals surface area contributed by atoms with Gasteiger partial charge in [0.1, 0.15) is 0 Å². The summed E-state index contributed by atoms with van der Waals surface area (Å²) in [7, 11) is 1.97. The normalized spacial score (nSPS) is 19.9. The van der Waals surface area contributed by atoms with E-state index in [-0.39, 0.29) is 29.1 Å².